The van der Waals surface area contributed by atoms with Crippen molar-refractivity contribution in [2.75, 3.05) is 17.7 Å². The molecule has 0 radical (unpaired) electrons. The number of nitrogens with zero attached hydrogens (tertiary/aromatic N) is 3. The minimum absolute atomic E-state index is 0.101. The first-order chi connectivity index (χ1) is 16.6. The van der Waals surface area contributed by atoms with E-state index >= 15 is 0 Å². The molecule has 186 valence electrons. The molecule has 11 heteroatoms. The second-order valence-electron chi connectivity index (χ2n) is 8.18. The van der Waals surface area contributed by atoms with Crippen molar-refractivity contribution in [3.05, 3.63) is 63.4 Å². The molecule has 1 aromatic heterocycles. The van der Waals surface area contributed by atoms with Gasteiger partial charge in [-0.15, -0.1) is 10.2 Å². The SMILES string of the molecule is Cc1ccc(C(C)C)c(OCC(=O)NCc2nnc(SCC(=O)Nc3ccc(Cl)cc3Cl)n2C)c1. The second kappa shape index (κ2) is 12.3. The molecule has 2 amide bonds. The van der Waals surface area contributed by atoms with Crippen LogP contribution in [0.15, 0.2) is 41.6 Å². The number of hydrogen-bond acceptors (Lipinski definition) is 6. The number of amides is 2. The van der Waals surface area contributed by atoms with E-state index in [9.17, 15) is 9.59 Å². The number of hydrogen-bond donors (Lipinski definition) is 2. The molecule has 0 aliphatic rings. The van der Waals surface area contributed by atoms with Crippen molar-refractivity contribution in [3.63, 3.8) is 0 Å². The highest BCUT2D eigenvalue weighted by Gasteiger charge is 2.14. The maximum absolute atomic E-state index is 12.3. The molecule has 0 atom stereocenters. The van der Waals surface area contributed by atoms with Gasteiger partial charge in [-0.2, -0.15) is 0 Å². The van der Waals surface area contributed by atoms with E-state index in [1.807, 2.05) is 25.1 Å². The summed E-state index contributed by atoms with van der Waals surface area (Å²) in [5.41, 5.74) is 2.61. The lowest BCUT2D eigenvalue weighted by molar-refractivity contribution is -0.123. The van der Waals surface area contributed by atoms with Gasteiger partial charge >= 0.3 is 0 Å². The Morgan fingerprint density at radius 3 is 2.60 bits per heavy atom. The van der Waals surface area contributed by atoms with E-state index in [2.05, 4.69) is 34.7 Å². The Morgan fingerprint density at radius 1 is 1.11 bits per heavy atom. The van der Waals surface area contributed by atoms with Gasteiger partial charge in [0.1, 0.15) is 5.75 Å². The number of benzene rings is 2. The molecule has 35 heavy (non-hydrogen) atoms. The van der Waals surface area contributed by atoms with Crippen molar-refractivity contribution in [1.82, 2.24) is 20.1 Å². The summed E-state index contributed by atoms with van der Waals surface area (Å²) in [6, 6.07) is 10.8. The van der Waals surface area contributed by atoms with Crippen LogP contribution in [0.25, 0.3) is 0 Å². The number of ether oxygens (including phenoxy) is 1. The fraction of sp³-hybridized carbons (Fsp3) is 0.333. The Kier molecular flexibility index (Phi) is 9.42. The van der Waals surface area contributed by atoms with Crippen LogP contribution < -0.4 is 15.4 Å². The van der Waals surface area contributed by atoms with E-state index < -0.39 is 0 Å². The van der Waals surface area contributed by atoms with Gasteiger partial charge in [-0.05, 0) is 48.2 Å². The van der Waals surface area contributed by atoms with Crippen LogP contribution in [0.3, 0.4) is 0 Å². The topological polar surface area (TPSA) is 98.1 Å². The molecule has 2 N–H and O–H groups in total. The van der Waals surface area contributed by atoms with Gasteiger partial charge in [-0.1, -0.05) is 60.9 Å². The minimum Gasteiger partial charge on any atom is -0.483 e. The van der Waals surface area contributed by atoms with Crippen molar-refractivity contribution >= 4 is 52.5 Å². The van der Waals surface area contributed by atoms with Crippen LogP contribution in [0, 0.1) is 6.92 Å². The number of carbonyl (C=O) groups is 2. The van der Waals surface area contributed by atoms with Crippen LogP contribution in [-0.2, 0) is 23.2 Å². The smallest absolute Gasteiger partial charge is 0.258 e. The average Bonchev–Trinajstić information content (AvgIpc) is 3.15. The molecular weight excluding hydrogens is 509 g/mol. The Morgan fingerprint density at radius 2 is 1.89 bits per heavy atom. The highest BCUT2D eigenvalue weighted by molar-refractivity contribution is 7.99. The zero-order valence-corrected chi connectivity index (χ0v) is 22.2. The summed E-state index contributed by atoms with van der Waals surface area (Å²) in [5, 5.41) is 15.1. The molecular formula is C24H27Cl2N5O3S. The van der Waals surface area contributed by atoms with E-state index in [0.717, 1.165) is 11.1 Å². The number of halogens is 2. The van der Waals surface area contributed by atoms with Crippen LogP contribution >= 0.6 is 35.0 Å². The fourth-order valence-electron chi connectivity index (χ4n) is 3.15. The molecule has 3 rings (SSSR count). The standard InChI is InChI=1S/C24H27Cl2N5O3S/c1-14(2)17-7-5-15(3)9-20(17)34-12-22(32)27-11-21-29-30-24(31(21)4)35-13-23(33)28-19-8-6-16(25)10-18(19)26/h5-10,14H,11-13H2,1-4H3,(H,27,32)(H,28,33). The molecule has 0 aliphatic carbocycles. The molecule has 0 spiro atoms. The molecule has 0 unspecified atom stereocenters. The number of nitrogens with one attached hydrogen (secondary N) is 2. The molecule has 0 saturated heterocycles. The zero-order valence-electron chi connectivity index (χ0n) is 19.9. The largest absolute Gasteiger partial charge is 0.483 e. The fourth-order valence-corrected chi connectivity index (χ4v) is 4.33. The lowest BCUT2D eigenvalue weighted by Gasteiger charge is -2.14. The van der Waals surface area contributed by atoms with Crippen LogP contribution in [0.4, 0.5) is 5.69 Å². The van der Waals surface area contributed by atoms with Gasteiger partial charge < -0.3 is 19.9 Å². The molecule has 3 aromatic rings. The highest BCUT2D eigenvalue weighted by Crippen LogP contribution is 2.28. The van der Waals surface area contributed by atoms with E-state index in [0.29, 0.717) is 32.5 Å². The summed E-state index contributed by atoms with van der Waals surface area (Å²) in [7, 11) is 1.77. The van der Waals surface area contributed by atoms with Gasteiger partial charge in [-0.3, -0.25) is 9.59 Å². The van der Waals surface area contributed by atoms with Gasteiger partial charge in [0.05, 0.1) is 23.0 Å². The Bertz CT molecular complexity index is 1220. The lowest BCUT2D eigenvalue weighted by atomic mass is 10.0. The summed E-state index contributed by atoms with van der Waals surface area (Å²) in [6.45, 7) is 6.23. The molecule has 0 aliphatic heterocycles. The van der Waals surface area contributed by atoms with E-state index in [1.165, 1.54) is 11.8 Å². The van der Waals surface area contributed by atoms with Gasteiger partial charge in [0.25, 0.3) is 5.91 Å². The van der Waals surface area contributed by atoms with Gasteiger partial charge in [0.2, 0.25) is 5.91 Å². The predicted molar refractivity (Wildman–Crippen MR) is 139 cm³/mol. The van der Waals surface area contributed by atoms with E-state index in [1.54, 1.807) is 29.8 Å². The molecule has 0 bridgehead atoms. The molecule has 1 heterocycles. The summed E-state index contributed by atoms with van der Waals surface area (Å²) in [4.78, 5) is 24.6. The van der Waals surface area contributed by atoms with E-state index in [-0.39, 0.29) is 36.6 Å². The Labute approximate surface area is 218 Å². The van der Waals surface area contributed by atoms with Crippen molar-refractivity contribution in [1.29, 1.82) is 0 Å². The molecule has 0 saturated carbocycles. The number of aryl methyl sites for hydroxylation is 1. The second-order valence-corrected chi connectivity index (χ2v) is 9.97. The van der Waals surface area contributed by atoms with Crippen LogP contribution in [0.1, 0.15) is 36.7 Å². The lowest BCUT2D eigenvalue weighted by Crippen LogP contribution is -2.29. The van der Waals surface area contributed by atoms with Crippen molar-refractivity contribution in [2.45, 2.75) is 38.4 Å². The Balaban J connectivity index is 1.48. The van der Waals surface area contributed by atoms with E-state index in [4.69, 9.17) is 27.9 Å². The monoisotopic (exact) mass is 535 g/mol. The summed E-state index contributed by atoms with van der Waals surface area (Å²) >= 11 is 13.2. The maximum atomic E-state index is 12.3. The first-order valence-corrected chi connectivity index (χ1v) is 12.6. The average molecular weight is 536 g/mol. The molecule has 8 nitrogen and oxygen atoms in total. The molecule has 0 fully saturated rings. The van der Waals surface area contributed by atoms with Crippen LogP contribution in [-0.4, -0.2) is 38.9 Å². The van der Waals surface area contributed by atoms with Gasteiger partial charge in [0, 0.05) is 12.1 Å². The summed E-state index contributed by atoms with van der Waals surface area (Å²) in [5.74, 6) is 1.16. The number of anilines is 1. The minimum atomic E-state index is -0.266. The van der Waals surface area contributed by atoms with Crippen molar-refractivity contribution in [3.8, 4) is 5.75 Å². The third-order valence-electron chi connectivity index (χ3n) is 5.06. The highest BCUT2D eigenvalue weighted by atomic mass is 35.5. The van der Waals surface area contributed by atoms with Crippen molar-refractivity contribution < 1.29 is 14.3 Å². The zero-order chi connectivity index (χ0) is 25.5. The first-order valence-electron chi connectivity index (χ1n) is 10.9. The van der Waals surface area contributed by atoms with Crippen molar-refractivity contribution in [2.24, 2.45) is 7.05 Å². The van der Waals surface area contributed by atoms with Gasteiger partial charge in [0.15, 0.2) is 17.6 Å². The number of aromatic nitrogens is 3. The number of rotatable bonds is 10. The van der Waals surface area contributed by atoms with Crippen LogP contribution in [0.5, 0.6) is 5.75 Å². The van der Waals surface area contributed by atoms with Gasteiger partial charge in [-0.25, -0.2) is 0 Å². The Hall–Kier alpha value is -2.75. The normalized spacial score (nSPS) is 10.9. The maximum Gasteiger partial charge on any atom is 0.258 e. The van der Waals surface area contributed by atoms with Crippen LogP contribution in [0.2, 0.25) is 10.0 Å². The summed E-state index contributed by atoms with van der Waals surface area (Å²) < 4.78 is 7.50. The summed E-state index contributed by atoms with van der Waals surface area (Å²) in [6.07, 6.45) is 0. The predicted octanol–water partition coefficient (Wildman–Crippen LogP) is 4.98. The third-order valence-corrected chi connectivity index (χ3v) is 6.62. The number of thioether (sulfide) groups is 1. The molecule has 2 aromatic carbocycles. The first kappa shape index (κ1) is 26.8. The third kappa shape index (κ3) is 7.62. The number of carbonyl (C=O) groups excluding carboxylic acids is 2. The quantitative estimate of drug-likeness (QED) is 0.355.